The third-order valence-corrected chi connectivity index (χ3v) is 3.01. The number of nitrogens with two attached hydrogens (primary N) is 1. The van der Waals surface area contributed by atoms with Crippen LogP contribution >= 0.6 is 11.6 Å². The van der Waals surface area contributed by atoms with Crippen LogP contribution in [0.3, 0.4) is 0 Å². The van der Waals surface area contributed by atoms with Crippen LogP contribution < -0.4 is 11.1 Å². The van der Waals surface area contributed by atoms with Gasteiger partial charge in [0, 0.05) is 11.1 Å². The number of aromatic hydroxyl groups is 1. The lowest BCUT2D eigenvalue weighted by molar-refractivity contribution is -0.118. The molecule has 0 heterocycles. The molecule has 0 aliphatic rings. The molecule has 0 aliphatic carbocycles. The van der Waals surface area contributed by atoms with Gasteiger partial charge < -0.3 is 16.2 Å². The summed E-state index contributed by atoms with van der Waals surface area (Å²) in [6.45, 7) is 3.88. The maximum Gasteiger partial charge on any atom is 0.241 e. The summed E-state index contributed by atoms with van der Waals surface area (Å²) in [7, 11) is 0. The molecular formula is C12H17ClN2O2. The maximum absolute atomic E-state index is 11.8. The van der Waals surface area contributed by atoms with Gasteiger partial charge in [-0.1, -0.05) is 31.9 Å². The van der Waals surface area contributed by atoms with E-state index in [1.165, 1.54) is 6.07 Å². The zero-order valence-corrected chi connectivity index (χ0v) is 10.7. The summed E-state index contributed by atoms with van der Waals surface area (Å²) >= 11 is 5.69. The number of phenolic OH excluding ortho intramolecular Hbond substituents is 1. The van der Waals surface area contributed by atoms with Crippen molar-refractivity contribution in [3.05, 3.63) is 23.2 Å². The highest BCUT2D eigenvalue weighted by Crippen LogP contribution is 2.26. The van der Waals surface area contributed by atoms with E-state index in [1.807, 2.05) is 13.8 Å². The number of halogens is 1. The Bertz CT molecular complexity index is 409. The van der Waals surface area contributed by atoms with Gasteiger partial charge in [-0.15, -0.1) is 0 Å². The fraction of sp³-hybridized carbons (Fsp3) is 0.417. The first-order valence-electron chi connectivity index (χ1n) is 5.50. The van der Waals surface area contributed by atoms with Crippen LogP contribution in [0.4, 0.5) is 5.69 Å². The van der Waals surface area contributed by atoms with E-state index in [1.54, 1.807) is 12.1 Å². The first-order valence-corrected chi connectivity index (χ1v) is 5.88. The van der Waals surface area contributed by atoms with Crippen LogP contribution in [0.2, 0.25) is 5.02 Å². The number of benzene rings is 1. The molecule has 94 valence electrons. The highest BCUT2D eigenvalue weighted by Gasteiger charge is 2.20. The first-order chi connectivity index (χ1) is 7.95. The van der Waals surface area contributed by atoms with E-state index in [2.05, 4.69) is 5.32 Å². The molecule has 0 fully saturated rings. The molecule has 2 atom stereocenters. The lowest BCUT2D eigenvalue weighted by Crippen LogP contribution is -2.40. The number of amides is 1. The molecule has 0 aliphatic heterocycles. The smallest absolute Gasteiger partial charge is 0.241 e. The average molecular weight is 257 g/mol. The fourth-order valence-corrected chi connectivity index (χ4v) is 1.51. The third-order valence-electron chi connectivity index (χ3n) is 2.78. The van der Waals surface area contributed by atoms with Crippen LogP contribution in [0.1, 0.15) is 20.3 Å². The predicted molar refractivity (Wildman–Crippen MR) is 69.2 cm³/mol. The van der Waals surface area contributed by atoms with Gasteiger partial charge in [-0.25, -0.2) is 0 Å². The molecule has 1 aromatic rings. The number of anilines is 1. The Morgan fingerprint density at radius 1 is 1.59 bits per heavy atom. The maximum atomic E-state index is 11.8. The molecule has 4 nitrogen and oxygen atoms in total. The summed E-state index contributed by atoms with van der Waals surface area (Å²) < 4.78 is 0. The van der Waals surface area contributed by atoms with Crippen LogP contribution in [0.25, 0.3) is 0 Å². The molecule has 5 heteroatoms. The third kappa shape index (κ3) is 3.61. The van der Waals surface area contributed by atoms with Crippen molar-refractivity contribution in [3.63, 3.8) is 0 Å². The Morgan fingerprint density at radius 3 is 2.76 bits per heavy atom. The number of carbonyl (C=O) groups excluding carboxylic acids is 1. The lowest BCUT2D eigenvalue weighted by Gasteiger charge is -2.18. The Morgan fingerprint density at radius 2 is 2.24 bits per heavy atom. The molecule has 17 heavy (non-hydrogen) atoms. The molecule has 0 aromatic heterocycles. The number of phenols is 1. The molecule has 1 amide bonds. The first kappa shape index (κ1) is 13.8. The Balaban J connectivity index is 2.74. The van der Waals surface area contributed by atoms with Gasteiger partial charge in [-0.2, -0.15) is 0 Å². The second kappa shape index (κ2) is 5.89. The molecule has 2 unspecified atom stereocenters. The number of carbonyl (C=O) groups is 1. The number of nitrogens with one attached hydrogen (secondary N) is 1. The summed E-state index contributed by atoms with van der Waals surface area (Å²) in [4.78, 5) is 11.8. The minimum absolute atomic E-state index is 0.0674. The summed E-state index contributed by atoms with van der Waals surface area (Å²) in [5.74, 6) is -0.288. The van der Waals surface area contributed by atoms with Gasteiger partial charge in [0.25, 0.3) is 0 Å². The van der Waals surface area contributed by atoms with E-state index < -0.39 is 6.04 Å². The summed E-state index contributed by atoms with van der Waals surface area (Å²) in [5, 5.41) is 12.6. The number of hydrogen-bond acceptors (Lipinski definition) is 3. The standard InChI is InChI=1S/C12H17ClN2O2/c1-3-7(2)11(14)12(17)15-9-5-4-8(13)6-10(9)16/h4-7,11,16H,3,14H2,1-2H3,(H,15,17). The Labute approximate surface area is 106 Å². The summed E-state index contributed by atoms with van der Waals surface area (Å²) in [6.07, 6.45) is 0.821. The van der Waals surface area contributed by atoms with Gasteiger partial charge in [0.2, 0.25) is 5.91 Å². The monoisotopic (exact) mass is 256 g/mol. The molecule has 0 radical (unpaired) electrons. The molecule has 4 N–H and O–H groups in total. The van der Waals surface area contributed by atoms with Crippen molar-refractivity contribution in [2.24, 2.45) is 11.7 Å². The minimum atomic E-state index is -0.588. The van der Waals surface area contributed by atoms with E-state index in [-0.39, 0.29) is 17.6 Å². The van der Waals surface area contributed by atoms with Crippen molar-refractivity contribution in [2.75, 3.05) is 5.32 Å². The largest absolute Gasteiger partial charge is 0.506 e. The molecule has 0 saturated heterocycles. The van der Waals surface area contributed by atoms with E-state index in [4.69, 9.17) is 17.3 Å². The van der Waals surface area contributed by atoms with Crippen molar-refractivity contribution in [1.82, 2.24) is 0 Å². The fourth-order valence-electron chi connectivity index (χ4n) is 1.34. The Hall–Kier alpha value is -1.26. The highest BCUT2D eigenvalue weighted by atomic mass is 35.5. The average Bonchev–Trinajstić information content (AvgIpc) is 2.30. The molecule has 1 rings (SSSR count). The number of hydrogen-bond donors (Lipinski definition) is 3. The van der Waals surface area contributed by atoms with Gasteiger partial charge in [0.15, 0.2) is 0 Å². The van der Waals surface area contributed by atoms with E-state index in [9.17, 15) is 9.90 Å². The molecule has 0 spiro atoms. The van der Waals surface area contributed by atoms with Crippen LogP contribution in [-0.2, 0) is 4.79 Å². The van der Waals surface area contributed by atoms with Gasteiger partial charge in [-0.3, -0.25) is 4.79 Å². The van der Waals surface area contributed by atoms with Crippen molar-refractivity contribution in [2.45, 2.75) is 26.3 Å². The van der Waals surface area contributed by atoms with E-state index >= 15 is 0 Å². The van der Waals surface area contributed by atoms with E-state index in [0.29, 0.717) is 10.7 Å². The van der Waals surface area contributed by atoms with Gasteiger partial charge in [0.1, 0.15) is 5.75 Å². The van der Waals surface area contributed by atoms with E-state index in [0.717, 1.165) is 6.42 Å². The molecule has 1 aromatic carbocycles. The SMILES string of the molecule is CCC(C)C(N)C(=O)Nc1ccc(Cl)cc1O. The quantitative estimate of drug-likeness (QED) is 0.724. The molecular weight excluding hydrogens is 240 g/mol. The van der Waals surface area contributed by atoms with Crippen molar-refractivity contribution in [1.29, 1.82) is 0 Å². The van der Waals surface area contributed by atoms with Crippen molar-refractivity contribution in [3.8, 4) is 5.75 Å². The van der Waals surface area contributed by atoms with Gasteiger partial charge in [-0.05, 0) is 18.1 Å². The zero-order valence-electron chi connectivity index (χ0n) is 9.90. The van der Waals surface area contributed by atoms with Crippen molar-refractivity contribution < 1.29 is 9.90 Å². The second-order valence-corrected chi connectivity index (χ2v) is 4.50. The topological polar surface area (TPSA) is 75.4 Å². The Kier molecular flexibility index (Phi) is 4.78. The summed E-state index contributed by atoms with van der Waals surface area (Å²) in [5.41, 5.74) is 6.10. The lowest BCUT2D eigenvalue weighted by atomic mass is 9.99. The highest BCUT2D eigenvalue weighted by molar-refractivity contribution is 6.30. The summed E-state index contributed by atoms with van der Waals surface area (Å²) in [6, 6.07) is 3.91. The van der Waals surface area contributed by atoms with Crippen LogP contribution in [-0.4, -0.2) is 17.1 Å². The molecule has 0 bridgehead atoms. The van der Waals surface area contributed by atoms with Crippen LogP contribution in [0.5, 0.6) is 5.75 Å². The van der Waals surface area contributed by atoms with Crippen molar-refractivity contribution >= 4 is 23.2 Å². The van der Waals surface area contributed by atoms with Gasteiger partial charge in [0.05, 0.1) is 11.7 Å². The predicted octanol–water partition coefficient (Wildman–Crippen LogP) is 2.36. The second-order valence-electron chi connectivity index (χ2n) is 4.06. The minimum Gasteiger partial charge on any atom is -0.506 e. The van der Waals surface area contributed by atoms with Crippen LogP contribution in [0.15, 0.2) is 18.2 Å². The normalized spacial score (nSPS) is 14.1. The number of rotatable bonds is 4. The molecule has 0 saturated carbocycles. The van der Waals surface area contributed by atoms with Gasteiger partial charge >= 0.3 is 0 Å². The van der Waals surface area contributed by atoms with Crippen LogP contribution in [0, 0.1) is 5.92 Å². The zero-order chi connectivity index (χ0) is 13.0.